The highest BCUT2D eigenvalue weighted by Gasteiger charge is 2.25. The summed E-state index contributed by atoms with van der Waals surface area (Å²) in [5.74, 6) is 0.715. The SMILES string of the molecule is CC(C)C(C)(C)C(=N)N. The van der Waals surface area contributed by atoms with Crippen LogP contribution in [0.1, 0.15) is 27.7 Å². The van der Waals surface area contributed by atoms with Crippen LogP contribution in [0.4, 0.5) is 0 Å². The molecule has 0 bridgehead atoms. The Morgan fingerprint density at radius 1 is 1.44 bits per heavy atom. The Balaban J connectivity index is 4.19. The maximum Gasteiger partial charge on any atom is 0.0965 e. The maximum atomic E-state index is 7.21. The van der Waals surface area contributed by atoms with E-state index >= 15 is 0 Å². The predicted octanol–water partition coefficient (Wildman–Crippen LogP) is 1.60. The molecule has 2 nitrogen and oxygen atoms in total. The lowest BCUT2D eigenvalue weighted by Gasteiger charge is -2.27. The zero-order chi connectivity index (χ0) is 7.65. The van der Waals surface area contributed by atoms with E-state index in [0.29, 0.717) is 5.92 Å². The maximum absolute atomic E-state index is 7.21. The van der Waals surface area contributed by atoms with E-state index in [4.69, 9.17) is 11.1 Å². The summed E-state index contributed by atoms with van der Waals surface area (Å²) in [4.78, 5) is 0. The van der Waals surface area contributed by atoms with E-state index in [1.165, 1.54) is 0 Å². The molecule has 0 aromatic heterocycles. The fraction of sp³-hybridized carbons (Fsp3) is 0.857. The molecule has 9 heavy (non-hydrogen) atoms. The van der Waals surface area contributed by atoms with Gasteiger partial charge in [0.05, 0.1) is 5.84 Å². The Kier molecular flexibility index (Phi) is 2.24. The fourth-order valence-electron chi connectivity index (χ4n) is 0.311. The summed E-state index contributed by atoms with van der Waals surface area (Å²) in [7, 11) is 0. The lowest BCUT2D eigenvalue weighted by Crippen LogP contribution is -2.35. The Morgan fingerprint density at radius 2 is 1.78 bits per heavy atom. The van der Waals surface area contributed by atoms with Gasteiger partial charge in [-0.1, -0.05) is 27.7 Å². The third-order valence-electron chi connectivity index (χ3n) is 2.14. The molecule has 0 atom stereocenters. The molecule has 0 amide bonds. The molecular weight excluding hydrogens is 112 g/mol. The summed E-state index contributed by atoms with van der Waals surface area (Å²) in [6.07, 6.45) is 0. The average Bonchev–Trinajstić information content (AvgIpc) is 1.65. The summed E-state index contributed by atoms with van der Waals surface area (Å²) < 4.78 is 0. The monoisotopic (exact) mass is 128 g/mol. The molecule has 0 unspecified atom stereocenters. The van der Waals surface area contributed by atoms with Crippen molar-refractivity contribution in [2.45, 2.75) is 27.7 Å². The van der Waals surface area contributed by atoms with Crippen LogP contribution in [0.25, 0.3) is 0 Å². The molecule has 0 aliphatic rings. The van der Waals surface area contributed by atoms with Crippen LogP contribution in [0.15, 0.2) is 0 Å². The number of hydrogen-bond donors (Lipinski definition) is 2. The molecule has 0 saturated carbocycles. The molecule has 0 saturated heterocycles. The molecule has 2 heteroatoms. The van der Waals surface area contributed by atoms with E-state index in [9.17, 15) is 0 Å². The molecule has 0 heterocycles. The van der Waals surface area contributed by atoms with E-state index in [1.807, 2.05) is 13.8 Å². The van der Waals surface area contributed by atoms with Gasteiger partial charge in [-0.25, -0.2) is 0 Å². The van der Waals surface area contributed by atoms with Gasteiger partial charge >= 0.3 is 0 Å². The van der Waals surface area contributed by atoms with Crippen molar-refractivity contribution in [3.8, 4) is 0 Å². The van der Waals surface area contributed by atoms with Crippen LogP contribution in [0.2, 0.25) is 0 Å². The highest BCUT2D eigenvalue weighted by Crippen LogP contribution is 2.24. The van der Waals surface area contributed by atoms with Crippen molar-refractivity contribution in [3.63, 3.8) is 0 Å². The van der Waals surface area contributed by atoms with Crippen molar-refractivity contribution in [2.75, 3.05) is 0 Å². The predicted molar refractivity (Wildman–Crippen MR) is 40.5 cm³/mol. The first kappa shape index (κ1) is 8.47. The number of nitrogens with one attached hydrogen (secondary N) is 1. The van der Waals surface area contributed by atoms with E-state index in [0.717, 1.165) is 0 Å². The van der Waals surface area contributed by atoms with Gasteiger partial charge in [0, 0.05) is 5.41 Å². The van der Waals surface area contributed by atoms with E-state index in [1.54, 1.807) is 0 Å². The Morgan fingerprint density at radius 3 is 1.78 bits per heavy atom. The molecule has 0 rings (SSSR count). The van der Waals surface area contributed by atoms with Gasteiger partial charge < -0.3 is 5.73 Å². The van der Waals surface area contributed by atoms with Gasteiger partial charge in [0.25, 0.3) is 0 Å². The lowest BCUT2D eigenvalue weighted by molar-refractivity contribution is 0.360. The molecule has 54 valence electrons. The average molecular weight is 128 g/mol. The lowest BCUT2D eigenvalue weighted by atomic mass is 9.80. The standard InChI is InChI=1S/C7H16N2/c1-5(2)7(3,4)6(8)9/h5H,1-4H3,(H3,8,9). The molecule has 3 N–H and O–H groups in total. The van der Waals surface area contributed by atoms with Crippen LogP contribution in [0.3, 0.4) is 0 Å². The number of nitrogens with two attached hydrogens (primary N) is 1. The minimum atomic E-state index is -0.139. The third kappa shape index (κ3) is 1.70. The van der Waals surface area contributed by atoms with Crippen LogP contribution >= 0.6 is 0 Å². The third-order valence-corrected chi connectivity index (χ3v) is 2.14. The van der Waals surface area contributed by atoms with Crippen molar-refractivity contribution in [1.82, 2.24) is 0 Å². The van der Waals surface area contributed by atoms with Gasteiger partial charge in [0.2, 0.25) is 0 Å². The first-order chi connectivity index (χ1) is 3.89. The molecule has 0 aliphatic carbocycles. The summed E-state index contributed by atoms with van der Waals surface area (Å²) in [5, 5.41) is 7.21. The van der Waals surface area contributed by atoms with Crippen molar-refractivity contribution in [1.29, 1.82) is 5.41 Å². The van der Waals surface area contributed by atoms with Crippen molar-refractivity contribution in [2.24, 2.45) is 17.1 Å². The number of hydrogen-bond acceptors (Lipinski definition) is 1. The summed E-state index contributed by atoms with van der Waals surface area (Å²) in [6, 6.07) is 0. The van der Waals surface area contributed by atoms with Gasteiger partial charge in [-0.2, -0.15) is 0 Å². The van der Waals surface area contributed by atoms with Gasteiger partial charge in [-0.3, -0.25) is 5.41 Å². The van der Waals surface area contributed by atoms with Gasteiger partial charge in [0.1, 0.15) is 0 Å². The Hall–Kier alpha value is -0.530. The second kappa shape index (κ2) is 2.38. The quantitative estimate of drug-likeness (QED) is 0.430. The first-order valence-corrected chi connectivity index (χ1v) is 3.23. The summed E-state index contributed by atoms with van der Waals surface area (Å²) in [5.41, 5.74) is 5.22. The van der Waals surface area contributed by atoms with E-state index < -0.39 is 0 Å². The second-order valence-corrected chi connectivity index (χ2v) is 3.29. The largest absolute Gasteiger partial charge is 0.387 e. The van der Waals surface area contributed by atoms with Crippen LogP contribution < -0.4 is 5.73 Å². The van der Waals surface area contributed by atoms with E-state index in [-0.39, 0.29) is 11.3 Å². The Bertz CT molecular complexity index is 114. The van der Waals surface area contributed by atoms with Gasteiger partial charge in [0.15, 0.2) is 0 Å². The number of amidine groups is 1. The normalized spacial score (nSPS) is 12.1. The molecular formula is C7H16N2. The molecule has 0 aliphatic heterocycles. The van der Waals surface area contributed by atoms with E-state index in [2.05, 4.69) is 13.8 Å². The van der Waals surface area contributed by atoms with Crippen molar-refractivity contribution in [3.05, 3.63) is 0 Å². The summed E-state index contributed by atoms with van der Waals surface area (Å²) in [6.45, 7) is 8.11. The molecule has 0 aromatic carbocycles. The van der Waals surface area contributed by atoms with Crippen LogP contribution in [0.5, 0.6) is 0 Å². The zero-order valence-electron chi connectivity index (χ0n) is 6.65. The minimum absolute atomic E-state index is 0.139. The van der Waals surface area contributed by atoms with Gasteiger partial charge in [-0.05, 0) is 5.92 Å². The number of rotatable bonds is 2. The van der Waals surface area contributed by atoms with Crippen LogP contribution in [-0.4, -0.2) is 5.84 Å². The second-order valence-electron chi connectivity index (χ2n) is 3.29. The zero-order valence-corrected chi connectivity index (χ0v) is 6.65. The van der Waals surface area contributed by atoms with Crippen LogP contribution in [0, 0.1) is 16.7 Å². The van der Waals surface area contributed by atoms with Crippen LogP contribution in [-0.2, 0) is 0 Å². The van der Waals surface area contributed by atoms with Crippen molar-refractivity contribution < 1.29 is 0 Å². The minimum Gasteiger partial charge on any atom is -0.387 e. The molecule has 0 spiro atoms. The first-order valence-electron chi connectivity index (χ1n) is 3.23. The highest BCUT2D eigenvalue weighted by molar-refractivity contribution is 5.82. The molecule has 0 aromatic rings. The van der Waals surface area contributed by atoms with Crippen molar-refractivity contribution >= 4 is 5.84 Å². The Labute approximate surface area is 57.0 Å². The fourth-order valence-corrected chi connectivity index (χ4v) is 0.311. The topological polar surface area (TPSA) is 49.9 Å². The van der Waals surface area contributed by atoms with Gasteiger partial charge in [-0.15, -0.1) is 0 Å². The summed E-state index contributed by atoms with van der Waals surface area (Å²) >= 11 is 0. The smallest absolute Gasteiger partial charge is 0.0965 e. The highest BCUT2D eigenvalue weighted by atomic mass is 14.7. The molecule has 0 fully saturated rings. The molecule has 0 radical (unpaired) electrons.